The van der Waals surface area contributed by atoms with Crippen molar-refractivity contribution in [3.63, 3.8) is 0 Å². The van der Waals surface area contributed by atoms with Crippen LogP contribution in [-0.2, 0) is 6.42 Å². The van der Waals surface area contributed by atoms with Crippen molar-refractivity contribution >= 4 is 5.95 Å². The third-order valence-corrected chi connectivity index (χ3v) is 4.63. The van der Waals surface area contributed by atoms with Gasteiger partial charge >= 0.3 is 0 Å². The van der Waals surface area contributed by atoms with Crippen molar-refractivity contribution in [2.45, 2.75) is 40.0 Å². The second kappa shape index (κ2) is 5.47. The van der Waals surface area contributed by atoms with Gasteiger partial charge in [0.1, 0.15) is 0 Å². The van der Waals surface area contributed by atoms with Crippen LogP contribution in [-0.4, -0.2) is 9.97 Å². The highest BCUT2D eigenvalue weighted by Crippen LogP contribution is 2.38. The van der Waals surface area contributed by atoms with Crippen LogP contribution in [0.1, 0.15) is 36.6 Å². The van der Waals surface area contributed by atoms with Crippen molar-refractivity contribution in [2.24, 2.45) is 11.8 Å². The van der Waals surface area contributed by atoms with Crippen LogP contribution >= 0.6 is 0 Å². The van der Waals surface area contributed by atoms with E-state index in [4.69, 9.17) is 5.73 Å². The fourth-order valence-electron chi connectivity index (χ4n) is 2.95. The summed E-state index contributed by atoms with van der Waals surface area (Å²) >= 11 is 0. The monoisotopic (exact) mass is 281 g/mol. The Labute approximate surface area is 126 Å². The highest BCUT2D eigenvalue weighted by atomic mass is 15.0. The Morgan fingerprint density at radius 2 is 2.00 bits per heavy atom. The van der Waals surface area contributed by atoms with Crippen molar-refractivity contribution in [3.8, 4) is 11.3 Å². The van der Waals surface area contributed by atoms with Gasteiger partial charge in [0, 0.05) is 11.3 Å². The van der Waals surface area contributed by atoms with Crippen molar-refractivity contribution in [2.75, 3.05) is 5.73 Å². The molecule has 0 bridgehead atoms. The number of benzene rings is 1. The number of rotatable bonds is 4. The van der Waals surface area contributed by atoms with E-state index in [0.717, 1.165) is 29.3 Å². The minimum Gasteiger partial charge on any atom is -0.368 e. The topological polar surface area (TPSA) is 51.8 Å². The maximum Gasteiger partial charge on any atom is 0.220 e. The van der Waals surface area contributed by atoms with Gasteiger partial charge in [0.25, 0.3) is 0 Å². The van der Waals surface area contributed by atoms with Crippen LogP contribution in [0.4, 0.5) is 5.95 Å². The van der Waals surface area contributed by atoms with E-state index in [9.17, 15) is 0 Å². The minimum absolute atomic E-state index is 0.381. The van der Waals surface area contributed by atoms with E-state index in [1.165, 1.54) is 24.0 Å². The molecule has 21 heavy (non-hydrogen) atoms. The van der Waals surface area contributed by atoms with Gasteiger partial charge in [-0.1, -0.05) is 25.1 Å². The summed E-state index contributed by atoms with van der Waals surface area (Å²) in [6, 6.07) is 8.41. The van der Waals surface area contributed by atoms with E-state index in [2.05, 4.69) is 55.0 Å². The van der Waals surface area contributed by atoms with Crippen LogP contribution in [0.3, 0.4) is 0 Å². The molecule has 1 heterocycles. The van der Waals surface area contributed by atoms with Crippen LogP contribution in [0.2, 0.25) is 0 Å². The van der Waals surface area contributed by atoms with Crippen LogP contribution in [0.15, 0.2) is 24.3 Å². The Morgan fingerprint density at radius 1 is 1.24 bits per heavy atom. The lowest BCUT2D eigenvalue weighted by Crippen LogP contribution is -2.07. The Bertz CT molecular complexity index is 660. The van der Waals surface area contributed by atoms with E-state index in [0.29, 0.717) is 11.9 Å². The van der Waals surface area contributed by atoms with E-state index >= 15 is 0 Å². The first-order chi connectivity index (χ1) is 10.0. The predicted octanol–water partition coefficient (Wildman–Crippen LogP) is 3.93. The molecule has 1 fully saturated rings. The first-order valence-corrected chi connectivity index (χ1v) is 7.74. The Balaban J connectivity index is 1.95. The number of nitrogens with zero attached hydrogens (tertiary/aromatic N) is 2. The summed E-state index contributed by atoms with van der Waals surface area (Å²) in [7, 11) is 0. The molecule has 1 aliphatic rings. The van der Waals surface area contributed by atoms with Gasteiger partial charge in [0.2, 0.25) is 5.95 Å². The normalized spacial score (nSPS) is 16.0. The summed E-state index contributed by atoms with van der Waals surface area (Å²) < 4.78 is 0. The van der Waals surface area contributed by atoms with Crippen molar-refractivity contribution < 1.29 is 0 Å². The van der Waals surface area contributed by atoms with Crippen LogP contribution in [0.25, 0.3) is 11.3 Å². The van der Waals surface area contributed by atoms with Gasteiger partial charge in [-0.25, -0.2) is 9.97 Å². The molecule has 3 rings (SSSR count). The van der Waals surface area contributed by atoms with Gasteiger partial charge in [-0.15, -0.1) is 0 Å². The molecular formula is C18H23N3. The molecule has 3 nitrogen and oxygen atoms in total. The van der Waals surface area contributed by atoms with Crippen LogP contribution < -0.4 is 5.73 Å². The fourth-order valence-corrected chi connectivity index (χ4v) is 2.95. The van der Waals surface area contributed by atoms with Gasteiger partial charge in [-0.3, -0.25) is 0 Å². The Kier molecular flexibility index (Phi) is 3.66. The lowest BCUT2D eigenvalue weighted by atomic mass is 9.97. The summed E-state index contributed by atoms with van der Waals surface area (Å²) in [5.41, 5.74) is 11.6. The Hall–Kier alpha value is -1.90. The highest BCUT2D eigenvalue weighted by molar-refractivity contribution is 5.66. The molecule has 0 radical (unpaired) electrons. The highest BCUT2D eigenvalue weighted by Gasteiger charge is 2.28. The Morgan fingerprint density at radius 3 is 2.71 bits per heavy atom. The molecule has 1 aliphatic carbocycles. The summed E-state index contributed by atoms with van der Waals surface area (Å²) in [5.74, 6) is 1.95. The van der Waals surface area contributed by atoms with Gasteiger partial charge in [-0.2, -0.15) is 0 Å². The first kappa shape index (κ1) is 14.1. The predicted molar refractivity (Wildman–Crippen MR) is 86.9 cm³/mol. The average Bonchev–Trinajstić information content (AvgIpc) is 3.25. The van der Waals surface area contributed by atoms with Crippen molar-refractivity contribution in [3.05, 3.63) is 41.1 Å². The molecule has 1 aromatic carbocycles. The molecule has 1 aromatic heterocycles. The van der Waals surface area contributed by atoms with E-state index in [-0.39, 0.29) is 0 Å². The van der Waals surface area contributed by atoms with E-state index < -0.39 is 0 Å². The molecule has 0 spiro atoms. The third-order valence-electron chi connectivity index (χ3n) is 4.63. The largest absolute Gasteiger partial charge is 0.368 e. The number of aryl methyl sites for hydroxylation is 1. The number of nitrogens with two attached hydrogens (primary N) is 1. The zero-order valence-corrected chi connectivity index (χ0v) is 13.1. The number of hydrogen-bond acceptors (Lipinski definition) is 3. The van der Waals surface area contributed by atoms with Crippen LogP contribution in [0.5, 0.6) is 0 Å². The summed E-state index contributed by atoms with van der Waals surface area (Å²) in [6.45, 7) is 6.57. The number of hydrogen-bond donors (Lipinski definition) is 1. The molecule has 2 N–H and O–H groups in total. The minimum atomic E-state index is 0.381. The summed E-state index contributed by atoms with van der Waals surface area (Å²) in [6.07, 6.45) is 3.73. The second-order valence-electron chi connectivity index (χ2n) is 6.37. The molecule has 0 saturated heterocycles. The fraction of sp³-hybridized carbons (Fsp3) is 0.444. The molecule has 0 unspecified atom stereocenters. The van der Waals surface area contributed by atoms with Gasteiger partial charge < -0.3 is 5.73 Å². The SMILES string of the molecule is Cc1cccc(-c2cc(C[C@H](C)C3CC3)nc(N)n2)c1C. The third kappa shape index (κ3) is 3.07. The number of aromatic nitrogens is 2. The number of nitrogen functional groups attached to an aromatic ring is 1. The van der Waals surface area contributed by atoms with Gasteiger partial charge in [0.05, 0.1) is 5.69 Å². The second-order valence-corrected chi connectivity index (χ2v) is 6.37. The lowest BCUT2D eigenvalue weighted by molar-refractivity contribution is 0.501. The van der Waals surface area contributed by atoms with E-state index in [1.54, 1.807) is 0 Å². The first-order valence-electron chi connectivity index (χ1n) is 7.74. The molecule has 2 aromatic rings. The average molecular weight is 281 g/mol. The zero-order chi connectivity index (χ0) is 15.0. The molecule has 3 heteroatoms. The molecule has 0 amide bonds. The van der Waals surface area contributed by atoms with Gasteiger partial charge in [-0.05, 0) is 62.1 Å². The van der Waals surface area contributed by atoms with Gasteiger partial charge in [0.15, 0.2) is 0 Å². The number of anilines is 1. The van der Waals surface area contributed by atoms with Crippen molar-refractivity contribution in [1.29, 1.82) is 0 Å². The molecule has 1 atom stereocenters. The smallest absolute Gasteiger partial charge is 0.220 e. The van der Waals surface area contributed by atoms with E-state index in [1.807, 2.05) is 0 Å². The molecular weight excluding hydrogens is 258 g/mol. The lowest BCUT2D eigenvalue weighted by Gasteiger charge is -2.12. The maximum atomic E-state index is 5.93. The maximum absolute atomic E-state index is 5.93. The van der Waals surface area contributed by atoms with Crippen molar-refractivity contribution in [1.82, 2.24) is 9.97 Å². The zero-order valence-electron chi connectivity index (χ0n) is 13.1. The standard InChI is InChI=1S/C18H23N3/c1-11-5-4-6-16(13(11)3)17-10-15(20-18(19)21-17)9-12(2)14-7-8-14/h4-6,10,12,14H,7-9H2,1-3H3,(H2,19,20,21)/t12-/m0/s1. The molecule has 110 valence electrons. The molecule has 0 aliphatic heterocycles. The van der Waals surface area contributed by atoms with Crippen LogP contribution in [0, 0.1) is 25.7 Å². The summed E-state index contributed by atoms with van der Waals surface area (Å²) in [5, 5.41) is 0. The molecule has 1 saturated carbocycles. The quantitative estimate of drug-likeness (QED) is 0.923. The summed E-state index contributed by atoms with van der Waals surface area (Å²) in [4.78, 5) is 8.87.